The largest absolute Gasteiger partial charge is 0.451 e. The molecule has 0 unspecified atom stereocenters. The Bertz CT molecular complexity index is 1190. The maximum Gasteiger partial charge on any atom is 0.332 e. The Balaban J connectivity index is 1.77. The Labute approximate surface area is 165 Å². The number of aryl methyl sites for hydroxylation is 1. The molecule has 0 N–H and O–H groups in total. The molecule has 0 aliphatic carbocycles. The van der Waals surface area contributed by atoms with Crippen molar-refractivity contribution in [3.63, 3.8) is 0 Å². The molecule has 3 aromatic rings. The standard InChI is InChI=1S/C19H21N5O5/c1-12(17(26)21(2)13-8-6-5-7-9-13)29-14(25)10-24-11-20-16-15(24)18(27)23(4)19(28)22(16)3/h5-9,11-12H,10H2,1-4H3/t12-/m0/s1. The van der Waals surface area contributed by atoms with Crippen LogP contribution in [0.2, 0.25) is 0 Å². The number of anilines is 1. The number of esters is 1. The van der Waals surface area contributed by atoms with Gasteiger partial charge in [-0.25, -0.2) is 9.78 Å². The number of ether oxygens (including phenoxy) is 1. The molecule has 0 fully saturated rings. The van der Waals surface area contributed by atoms with E-state index in [-0.39, 0.29) is 17.7 Å². The molecular weight excluding hydrogens is 378 g/mol. The number of hydrogen-bond donors (Lipinski definition) is 0. The number of likely N-dealkylation sites (N-methyl/N-ethyl adjacent to an activating group) is 1. The Kier molecular flexibility index (Phi) is 5.35. The summed E-state index contributed by atoms with van der Waals surface area (Å²) in [5.41, 5.74) is -0.143. The van der Waals surface area contributed by atoms with E-state index in [2.05, 4.69) is 4.98 Å². The van der Waals surface area contributed by atoms with Gasteiger partial charge in [-0.2, -0.15) is 0 Å². The Hall–Kier alpha value is -3.69. The number of fused-ring (bicyclic) bond motifs is 1. The minimum absolute atomic E-state index is 0.104. The molecule has 0 spiro atoms. The van der Waals surface area contributed by atoms with Crippen molar-refractivity contribution in [1.29, 1.82) is 0 Å². The van der Waals surface area contributed by atoms with Crippen LogP contribution in [0.25, 0.3) is 11.2 Å². The summed E-state index contributed by atoms with van der Waals surface area (Å²) in [4.78, 5) is 54.7. The van der Waals surface area contributed by atoms with E-state index in [1.807, 2.05) is 6.07 Å². The molecule has 10 heteroatoms. The van der Waals surface area contributed by atoms with E-state index < -0.39 is 29.2 Å². The zero-order valence-electron chi connectivity index (χ0n) is 16.5. The van der Waals surface area contributed by atoms with Crippen molar-refractivity contribution in [2.75, 3.05) is 11.9 Å². The van der Waals surface area contributed by atoms with Crippen molar-refractivity contribution in [2.24, 2.45) is 14.1 Å². The zero-order valence-corrected chi connectivity index (χ0v) is 16.5. The van der Waals surface area contributed by atoms with Crippen molar-refractivity contribution in [1.82, 2.24) is 18.7 Å². The fourth-order valence-corrected chi connectivity index (χ4v) is 2.99. The number of carbonyl (C=O) groups excluding carboxylic acids is 2. The van der Waals surface area contributed by atoms with E-state index in [9.17, 15) is 19.2 Å². The molecule has 152 valence electrons. The fourth-order valence-electron chi connectivity index (χ4n) is 2.99. The van der Waals surface area contributed by atoms with Gasteiger partial charge < -0.3 is 14.2 Å². The van der Waals surface area contributed by atoms with E-state index in [4.69, 9.17) is 4.74 Å². The highest BCUT2D eigenvalue weighted by molar-refractivity contribution is 5.96. The second kappa shape index (κ2) is 7.74. The molecule has 1 aromatic carbocycles. The highest BCUT2D eigenvalue weighted by Crippen LogP contribution is 2.13. The first kappa shape index (κ1) is 20.1. The molecule has 0 radical (unpaired) electrons. The van der Waals surface area contributed by atoms with E-state index in [1.54, 1.807) is 31.3 Å². The maximum atomic E-state index is 12.5. The normalized spacial score (nSPS) is 12.0. The lowest BCUT2D eigenvalue weighted by molar-refractivity contribution is -0.154. The molecule has 0 aliphatic heterocycles. The van der Waals surface area contributed by atoms with Gasteiger partial charge in [0.2, 0.25) is 0 Å². The molecule has 0 aliphatic rings. The Morgan fingerprint density at radius 3 is 2.45 bits per heavy atom. The van der Waals surface area contributed by atoms with Gasteiger partial charge in [0, 0.05) is 26.8 Å². The number of amides is 1. The molecule has 2 aromatic heterocycles. The van der Waals surface area contributed by atoms with Crippen LogP contribution in [-0.4, -0.2) is 43.7 Å². The van der Waals surface area contributed by atoms with Crippen molar-refractivity contribution >= 4 is 28.7 Å². The summed E-state index contributed by atoms with van der Waals surface area (Å²) in [6, 6.07) is 8.97. The van der Waals surface area contributed by atoms with Gasteiger partial charge in [-0.15, -0.1) is 0 Å². The van der Waals surface area contributed by atoms with Crippen LogP contribution in [-0.2, 0) is 35.0 Å². The Morgan fingerprint density at radius 1 is 1.14 bits per heavy atom. The summed E-state index contributed by atoms with van der Waals surface area (Å²) in [5, 5.41) is 0. The first-order valence-electron chi connectivity index (χ1n) is 8.85. The summed E-state index contributed by atoms with van der Waals surface area (Å²) >= 11 is 0. The Morgan fingerprint density at radius 2 is 1.79 bits per heavy atom. The lowest BCUT2D eigenvalue weighted by Crippen LogP contribution is -2.39. The fraction of sp³-hybridized carbons (Fsp3) is 0.316. The molecule has 29 heavy (non-hydrogen) atoms. The molecule has 1 atom stereocenters. The molecule has 2 heterocycles. The van der Waals surface area contributed by atoms with Crippen LogP contribution in [0.3, 0.4) is 0 Å². The first-order valence-corrected chi connectivity index (χ1v) is 8.85. The molecule has 10 nitrogen and oxygen atoms in total. The molecule has 0 saturated carbocycles. The summed E-state index contributed by atoms with van der Waals surface area (Å²) < 4.78 is 8.71. The summed E-state index contributed by atoms with van der Waals surface area (Å²) in [7, 11) is 4.43. The molecule has 3 rings (SSSR count). The zero-order chi connectivity index (χ0) is 21.3. The topological polar surface area (TPSA) is 108 Å². The number of nitrogens with zero attached hydrogens (tertiary/aromatic N) is 5. The van der Waals surface area contributed by atoms with Gasteiger partial charge in [-0.1, -0.05) is 18.2 Å². The van der Waals surface area contributed by atoms with Crippen LogP contribution < -0.4 is 16.1 Å². The minimum atomic E-state index is -1.02. The lowest BCUT2D eigenvalue weighted by Gasteiger charge is -2.21. The highest BCUT2D eigenvalue weighted by Gasteiger charge is 2.23. The van der Waals surface area contributed by atoms with Crippen LogP contribution in [0, 0.1) is 0 Å². The number of benzene rings is 1. The predicted octanol–water partition coefficient (Wildman–Crippen LogP) is 0.0284. The van der Waals surface area contributed by atoms with E-state index in [0.29, 0.717) is 5.69 Å². The predicted molar refractivity (Wildman–Crippen MR) is 106 cm³/mol. The van der Waals surface area contributed by atoms with Crippen molar-refractivity contribution in [3.05, 3.63) is 57.5 Å². The molecule has 1 amide bonds. The third kappa shape index (κ3) is 3.68. The van der Waals surface area contributed by atoms with E-state index >= 15 is 0 Å². The van der Waals surface area contributed by atoms with E-state index in [1.165, 1.54) is 41.4 Å². The summed E-state index contributed by atoms with van der Waals surface area (Å²) in [6.45, 7) is 1.16. The van der Waals surface area contributed by atoms with Crippen LogP contribution in [0.4, 0.5) is 5.69 Å². The van der Waals surface area contributed by atoms with Crippen molar-refractivity contribution in [2.45, 2.75) is 19.6 Å². The van der Waals surface area contributed by atoms with Gasteiger partial charge in [0.1, 0.15) is 6.54 Å². The highest BCUT2D eigenvalue weighted by atomic mass is 16.5. The lowest BCUT2D eigenvalue weighted by atomic mass is 10.2. The van der Waals surface area contributed by atoms with Crippen LogP contribution in [0.1, 0.15) is 6.92 Å². The SMILES string of the molecule is C[C@H](OC(=O)Cn1cnc2c1c(=O)n(C)c(=O)n2C)C(=O)N(C)c1ccccc1. The van der Waals surface area contributed by atoms with E-state index in [0.717, 1.165) is 4.57 Å². The summed E-state index contributed by atoms with van der Waals surface area (Å²) in [6.07, 6.45) is 0.268. The monoisotopic (exact) mass is 399 g/mol. The van der Waals surface area contributed by atoms with Crippen molar-refractivity contribution in [3.8, 4) is 0 Å². The number of carbonyl (C=O) groups is 2. The van der Waals surface area contributed by atoms with Crippen LogP contribution in [0.5, 0.6) is 0 Å². The molecular formula is C19H21N5O5. The maximum absolute atomic E-state index is 12.5. The van der Waals surface area contributed by atoms with Crippen LogP contribution >= 0.6 is 0 Å². The third-order valence-corrected chi connectivity index (χ3v) is 4.65. The molecule has 0 bridgehead atoms. The number of imidazole rings is 1. The number of rotatable bonds is 5. The van der Waals surface area contributed by atoms with Gasteiger partial charge in [0.25, 0.3) is 11.5 Å². The average Bonchev–Trinajstić information content (AvgIpc) is 3.13. The minimum Gasteiger partial charge on any atom is -0.451 e. The summed E-state index contributed by atoms with van der Waals surface area (Å²) in [5.74, 6) is -1.10. The average molecular weight is 399 g/mol. The third-order valence-electron chi connectivity index (χ3n) is 4.65. The van der Waals surface area contributed by atoms with Crippen molar-refractivity contribution < 1.29 is 14.3 Å². The number of hydrogen-bond acceptors (Lipinski definition) is 6. The molecule has 0 saturated heterocycles. The number of para-hydroxylation sites is 1. The smallest absolute Gasteiger partial charge is 0.332 e. The van der Waals surface area contributed by atoms with Crippen LogP contribution in [0.15, 0.2) is 46.2 Å². The number of aromatic nitrogens is 4. The quantitative estimate of drug-likeness (QED) is 0.560. The van der Waals surface area contributed by atoms with Gasteiger partial charge >= 0.3 is 11.7 Å². The second-order valence-electron chi connectivity index (χ2n) is 6.62. The van der Waals surface area contributed by atoms with Gasteiger partial charge in [-0.05, 0) is 19.1 Å². The first-order chi connectivity index (χ1) is 13.7. The van der Waals surface area contributed by atoms with Gasteiger partial charge in [0.15, 0.2) is 17.3 Å². The van der Waals surface area contributed by atoms with Gasteiger partial charge in [-0.3, -0.25) is 23.5 Å². The van der Waals surface area contributed by atoms with Gasteiger partial charge in [0.05, 0.1) is 6.33 Å². The second-order valence-corrected chi connectivity index (χ2v) is 6.62.